The van der Waals surface area contributed by atoms with E-state index in [1.165, 1.54) is 6.07 Å². The first-order valence-electron chi connectivity index (χ1n) is 4.98. The van der Waals surface area contributed by atoms with Crippen LogP contribution in [0.4, 0.5) is 4.39 Å². The predicted octanol–water partition coefficient (Wildman–Crippen LogP) is 1.28. The van der Waals surface area contributed by atoms with E-state index in [-0.39, 0.29) is 16.5 Å². The highest BCUT2D eigenvalue weighted by molar-refractivity contribution is 7.89. The van der Waals surface area contributed by atoms with Gasteiger partial charge in [0.05, 0.1) is 17.2 Å². The van der Waals surface area contributed by atoms with E-state index in [4.69, 9.17) is 16.7 Å². The zero-order valence-electron chi connectivity index (χ0n) is 8.78. The summed E-state index contributed by atoms with van der Waals surface area (Å²) in [7, 11) is -3.90. The van der Waals surface area contributed by atoms with E-state index in [1.54, 1.807) is 0 Å². The second kappa shape index (κ2) is 4.20. The Bertz CT molecular complexity index is 542. The third kappa shape index (κ3) is 2.60. The van der Waals surface area contributed by atoms with Crippen molar-refractivity contribution >= 4 is 21.6 Å². The van der Waals surface area contributed by atoms with Gasteiger partial charge in [-0.3, -0.25) is 0 Å². The van der Waals surface area contributed by atoms with Gasteiger partial charge in [-0.25, -0.2) is 17.5 Å². The minimum Gasteiger partial charge on any atom is -0.394 e. The molecule has 0 radical (unpaired) electrons. The van der Waals surface area contributed by atoms with Gasteiger partial charge < -0.3 is 5.11 Å². The summed E-state index contributed by atoms with van der Waals surface area (Å²) in [4.78, 5) is -0.307. The average molecular weight is 280 g/mol. The molecule has 7 heteroatoms. The second-order valence-electron chi connectivity index (χ2n) is 4.12. The van der Waals surface area contributed by atoms with Gasteiger partial charge in [0.2, 0.25) is 10.0 Å². The number of benzene rings is 1. The number of halogens is 2. The normalized spacial score (nSPS) is 18.1. The van der Waals surface area contributed by atoms with Gasteiger partial charge in [-0.15, -0.1) is 0 Å². The number of aliphatic hydroxyl groups is 1. The lowest BCUT2D eigenvalue weighted by atomic mass is 10.3. The quantitative estimate of drug-likeness (QED) is 0.873. The van der Waals surface area contributed by atoms with Gasteiger partial charge in [-0.2, -0.15) is 0 Å². The summed E-state index contributed by atoms with van der Waals surface area (Å²) >= 11 is 5.72. The molecule has 1 aliphatic rings. The fourth-order valence-corrected chi connectivity index (χ4v) is 3.43. The highest BCUT2D eigenvalue weighted by Crippen LogP contribution is 2.37. The molecule has 94 valence electrons. The molecule has 2 N–H and O–H groups in total. The molecule has 0 atom stereocenters. The van der Waals surface area contributed by atoms with Crippen LogP contribution in [0.25, 0.3) is 0 Å². The fourth-order valence-electron chi connectivity index (χ4n) is 1.47. The number of sulfonamides is 1. The molecule has 1 saturated carbocycles. The van der Waals surface area contributed by atoms with Gasteiger partial charge in [-0.05, 0) is 31.0 Å². The van der Waals surface area contributed by atoms with Gasteiger partial charge in [0.15, 0.2) is 0 Å². The fraction of sp³-hybridized carbons (Fsp3) is 0.400. The van der Waals surface area contributed by atoms with Crippen LogP contribution in [0.2, 0.25) is 5.02 Å². The maximum absolute atomic E-state index is 13.0. The van der Waals surface area contributed by atoms with Crippen LogP contribution in [0, 0.1) is 5.82 Å². The molecule has 1 aromatic rings. The summed E-state index contributed by atoms with van der Waals surface area (Å²) in [6, 6.07) is 3.13. The molecular formula is C10H11ClFNO3S. The third-order valence-corrected chi connectivity index (χ3v) is 4.75. The van der Waals surface area contributed by atoms with Crippen LogP contribution in [0.5, 0.6) is 0 Å². The minimum absolute atomic E-state index is 0.0485. The first kappa shape index (κ1) is 12.8. The molecule has 4 nitrogen and oxygen atoms in total. The monoisotopic (exact) mass is 279 g/mol. The Morgan fingerprint density at radius 3 is 2.65 bits per heavy atom. The summed E-state index contributed by atoms with van der Waals surface area (Å²) in [5, 5.41) is 9.01. The van der Waals surface area contributed by atoms with Crippen molar-refractivity contribution in [1.29, 1.82) is 0 Å². The molecule has 0 aliphatic heterocycles. The van der Waals surface area contributed by atoms with Crippen LogP contribution in [-0.4, -0.2) is 25.7 Å². The van der Waals surface area contributed by atoms with Crippen molar-refractivity contribution in [2.24, 2.45) is 0 Å². The van der Waals surface area contributed by atoms with E-state index >= 15 is 0 Å². The van der Waals surface area contributed by atoms with Crippen LogP contribution in [0.1, 0.15) is 12.8 Å². The van der Waals surface area contributed by atoms with E-state index in [9.17, 15) is 12.8 Å². The predicted molar refractivity (Wildman–Crippen MR) is 60.8 cm³/mol. The Labute approximate surface area is 103 Å². The van der Waals surface area contributed by atoms with Crippen LogP contribution >= 0.6 is 11.6 Å². The van der Waals surface area contributed by atoms with Crippen LogP contribution in [0.15, 0.2) is 23.1 Å². The van der Waals surface area contributed by atoms with Crippen molar-refractivity contribution in [1.82, 2.24) is 4.72 Å². The van der Waals surface area contributed by atoms with Gasteiger partial charge in [0, 0.05) is 0 Å². The number of nitrogens with one attached hydrogen (secondary N) is 1. The zero-order chi connectivity index (χ0) is 12.7. The molecule has 0 amide bonds. The lowest BCUT2D eigenvalue weighted by Gasteiger charge is -2.15. The van der Waals surface area contributed by atoms with E-state index < -0.39 is 21.4 Å². The highest BCUT2D eigenvalue weighted by atomic mass is 35.5. The minimum atomic E-state index is -3.90. The second-order valence-corrected chi connectivity index (χ2v) is 6.18. The topological polar surface area (TPSA) is 66.4 Å². The average Bonchev–Trinajstić information content (AvgIpc) is 3.01. The molecule has 0 spiro atoms. The van der Waals surface area contributed by atoms with Crippen molar-refractivity contribution < 1.29 is 17.9 Å². The summed E-state index contributed by atoms with van der Waals surface area (Å²) < 4.78 is 39.2. The standard InChI is InChI=1S/C10H11ClFNO3S/c11-8-2-1-7(12)5-9(8)17(15,16)13-10(6-14)3-4-10/h1-2,5,13-14H,3-4,6H2. The van der Waals surface area contributed by atoms with Crippen molar-refractivity contribution in [2.45, 2.75) is 23.3 Å². The number of hydrogen-bond donors (Lipinski definition) is 2. The number of rotatable bonds is 4. The maximum atomic E-state index is 13.0. The highest BCUT2D eigenvalue weighted by Gasteiger charge is 2.45. The van der Waals surface area contributed by atoms with E-state index in [2.05, 4.69) is 4.72 Å². The molecule has 1 aromatic carbocycles. The summed E-state index contributed by atoms with van der Waals surface area (Å²) in [6.07, 6.45) is 1.13. The molecule has 2 rings (SSSR count). The first-order chi connectivity index (χ1) is 7.88. The SMILES string of the molecule is O=S(=O)(NC1(CO)CC1)c1cc(F)ccc1Cl. The van der Waals surface area contributed by atoms with Crippen LogP contribution < -0.4 is 4.72 Å². The van der Waals surface area contributed by atoms with Crippen molar-refractivity contribution in [3.8, 4) is 0 Å². The molecule has 17 heavy (non-hydrogen) atoms. The smallest absolute Gasteiger partial charge is 0.242 e. The Morgan fingerprint density at radius 2 is 2.12 bits per heavy atom. The molecule has 0 saturated heterocycles. The lowest BCUT2D eigenvalue weighted by molar-refractivity contribution is 0.246. The van der Waals surface area contributed by atoms with Crippen LogP contribution in [-0.2, 0) is 10.0 Å². The first-order valence-corrected chi connectivity index (χ1v) is 6.85. The third-order valence-electron chi connectivity index (χ3n) is 2.69. The molecular weight excluding hydrogens is 269 g/mol. The summed E-state index contributed by atoms with van der Waals surface area (Å²) in [5.74, 6) is -0.677. The summed E-state index contributed by atoms with van der Waals surface area (Å²) in [5.41, 5.74) is -0.797. The van der Waals surface area contributed by atoms with E-state index in [0.717, 1.165) is 12.1 Å². The Hall–Kier alpha value is -0.690. The molecule has 1 aliphatic carbocycles. The Morgan fingerprint density at radius 1 is 1.47 bits per heavy atom. The molecule has 0 unspecified atom stereocenters. The van der Waals surface area contributed by atoms with Crippen LogP contribution in [0.3, 0.4) is 0 Å². The van der Waals surface area contributed by atoms with Gasteiger partial charge >= 0.3 is 0 Å². The molecule has 0 bridgehead atoms. The molecule has 0 aromatic heterocycles. The number of hydrogen-bond acceptors (Lipinski definition) is 3. The zero-order valence-corrected chi connectivity index (χ0v) is 10.4. The Balaban J connectivity index is 2.35. The van der Waals surface area contributed by atoms with Gasteiger partial charge in [0.25, 0.3) is 0 Å². The van der Waals surface area contributed by atoms with Crippen molar-refractivity contribution in [3.63, 3.8) is 0 Å². The lowest BCUT2D eigenvalue weighted by Crippen LogP contribution is -2.39. The van der Waals surface area contributed by atoms with Gasteiger partial charge in [-0.1, -0.05) is 11.6 Å². The molecule has 0 heterocycles. The Kier molecular flexibility index (Phi) is 3.15. The van der Waals surface area contributed by atoms with Crippen molar-refractivity contribution in [2.75, 3.05) is 6.61 Å². The van der Waals surface area contributed by atoms with E-state index in [0.29, 0.717) is 12.8 Å². The maximum Gasteiger partial charge on any atom is 0.242 e. The largest absolute Gasteiger partial charge is 0.394 e. The van der Waals surface area contributed by atoms with E-state index in [1.807, 2.05) is 0 Å². The van der Waals surface area contributed by atoms with Gasteiger partial charge in [0.1, 0.15) is 10.7 Å². The summed E-state index contributed by atoms with van der Waals surface area (Å²) in [6.45, 7) is -0.279. The number of aliphatic hydroxyl groups excluding tert-OH is 1. The molecule has 1 fully saturated rings. The van der Waals surface area contributed by atoms with Crippen molar-refractivity contribution in [3.05, 3.63) is 29.0 Å².